The predicted octanol–water partition coefficient (Wildman–Crippen LogP) is 0.599. The van der Waals surface area contributed by atoms with Gasteiger partial charge in [-0.25, -0.2) is 0 Å². The van der Waals surface area contributed by atoms with E-state index in [2.05, 4.69) is 12.2 Å². The molecule has 0 aromatic carbocycles. The molecule has 5 nitrogen and oxygen atoms in total. The van der Waals surface area contributed by atoms with Gasteiger partial charge in [0, 0.05) is 32.6 Å². The van der Waals surface area contributed by atoms with Crippen LogP contribution in [-0.4, -0.2) is 60.4 Å². The highest BCUT2D eigenvalue weighted by atomic mass is 16.2. The van der Waals surface area contributed by atoms with Crippen molar-refractivity contribution in [1.29, 1.82) is 0 Å². The summed E-state index contributed by atoms with van der Waals surface area (Å²) in [6, 6.07) is 0.0161. The fraction of sp³-hybridized carbons (Fsp3) is 0.857. The number of piperazine rings is 1. The van der Waals surface area contributed by atoms with Gasteiger partial charge in [-0.3, -0.25) is 9.59 Å². The molecule has 2 saturated heterocycles. The minimum Gasteiger partial charge on any atom is -0.339 e. The normalized spacial score (nSPS) is 23.7. The highest BCUT2D eigenvalue weighted by Crippen LogP contribution is 2.12. The molecule has 0 aromatic rings. The number of carbonyl (C=O) groups excluding carboxylic acids is 2. The first-order chi connectivity index (χ1) is 9.22. The quantitative estimate of drug-likeness (QED) is 0.811. The molecule has 0 aliphatic carbocycles. The highest BCUT2D eigenvalue weighted by Gasteiger charge is 2.29. The van der Waals surface area contributed by atoms with Gasteiger partial charge in [0.1, 0.15) is 0 Å². The van der Waals surface area contributed by atoms with Crippen molar-refractivity contribution in [2.45, 2.75) is 45.1 Å². The van der Waals surface area contributed by atoms with E-state index in [1.54, 1.807) is 0 Å². The second-order valence-corrected chi connectivity index (χ2v) is 5.46. The van der Waals surface area contributed by atoms with Crippen molar-refractivity contribution in [3.8, 4) is 0 Å². The molecule has 0 spiro atoms. The van der Waals surface area contributed by atoms with Crippen LogP contribution in [0.1, 0.15) is 39.0 Å². The lowest BCUT2D eigenvalue weighted by Crippen LogP contribution is -2.54. The molecule has 5 heteroatoms. The zero-order valence-corrected chi connectivity index (χ0v) is 11.9. The minimum atomic E-state index is 0.0161. The van der Waals surface area contributed by atoms with Crippen LogP contribution >= 0.6 is 0 Å². The standard InChI is InChI=1S/C14H25N3O2/c1-2-3-6-13(18)16-8-10-17(11-9-16)14(19)12-5-4-7-15-12/h12,15H,2-11H2,1H3/t12-/m0/s1. The van der Waals surface area contributed by atoms with E-state index < -0.39 is 0 Å². The van der Waals surface area contributed by atoms with E-state index in [4.69, 9.17) is 0 Å². The topological polar surface area (TPSA) is 52.7 Å². The van der Waals surface area contributed by atoms with Crippen molar-refractivity contribution in [2.24, 2.45) is 0 Å². The van der Waals surface area contributed by atoms with E-state index in [-0.39, 0.29) is 17.9 Å². The largest absolute Gasteiger partial charge is 0.339 e. The molecule has 108 valence electrons. The monoisotopic (exact) mass is 267 g/mol. The van der Waals surface area contributed by atoms with Crippen molar-refractivity contribution in [1.82, 2.24) is 15.1 Å². The average molecular weight is 267 g/mol. The third-order valence-electron chi connectivity index (χ3n) is 4.05. The number of carbonyl (C=O) groups is 2. The Balaban J connectivity index is 1.75. The van der Waals surface area contributed by atoms with Gasteiger partial charge in [0.2, 0.25) is 11.8 Å². The number of hydrogen-bond acceptors (Lipinski definition) is 3. The smallest absolute Gasteiger partial charge is 0.239 e. The summed E-state index contributed by atoms with van der Waals surface area (Å²) in [4.78, 5) is 27.9. The molecule has 2 amide bonds. The van der Waals surface area contributed by atoms with Crippen molar-refractivity contribution in [3.05, 3.63) is 0 Å². The minimum absolute atomic E-state index is 0.0161. The van der Waals surface area contributed by atoms with Crippen LogP contribution < -0.4 is 5.32 Å². The molecule has 2 fully saturated rings. The number of amides is 2. The molecule has 19 heavy (non-hydrogen) atoms. The predicted molar refractivity (Wildman–Crippen MR) is 73.7 cm³/mol. The van der Waals surface area contributed by atoms with Crippen LogP contribution in [0.25, 0.3) is 0 Å². The second kappa shape index (κ2) is 6.89. The van der Waals surface area contributed by atoms with Crippen molar-refractivity contribution < 1.29 is 9.59 Å². The molecular formula is C14H25N3O2. The molecule has 2 heterocycles. The first-order valence-electron chi connectivity index (χ1n) is 7.52. The Kier molecular flexibility index (Phi) is 5.19. The Hall–Kier alpha value is -1.10. The van der Waals surface area contributed by atoms with Gasteiger partial charge in [0.15, 0.2) is 0 Å². The van der Waals surface area contributed by atoms with Gasteiger partial charge in [-0.1, -0.05) is 13.3 Å². The average Bonchev–Trinajstić information content (AvgIpc) is 2.98. The zero-order valence-electron chi connectivity index (χ0n) is 11.9. The summed E-state index contributed by atoms with van der Waals surface area (Å²) in [7, 11) is 0. The molecule has 0 aromatic heterocycles. The summed E-state index contributed by atoms with van der Waals surface area (Å²) in [5.74, 6) is 0.464. The number of unbranched alkanes of at least 4 members (excludes halogenated alkanes) is 1. The maximum atomic E-state index is 12.2. The van der Waals surface area contributed by atoms with Crippen LogP contribution in [0.3, 0.4) is 0 Å². The number of nitrogens with zero attached hydrogens (tertiary/aromatic N) is 2. The Morgan fingerprint density at radius 3 is 2.42 bits per heavy atom. The summed E-state index contributed by atoms with van der Waals surface area (Å²) in [5, 5.41) is 3.24. The van der Waals surface area contributed by atoms with Crippen LogP contribution in [0.5, 0.6) is 0 Å². The maximum Gasteiger partial charge on any atom is 0.239 e. The van der Waals surface area contributed by atoms with Gasteiger partial charge in [-0.05, 0) is 25.8 Å². The first kappa shape index (κ1) is 14.3. The van der Waals surface area contributed by atoms with Crippen molar-refractivity contribution in [2.75, 3.05) is 32.7 Å². The maximum absolute atomic E-state index is 12.2. The fourth-order valence-electron chi connectivity index (χ4n) is 2.78. The zero-order chi connectivity index (χ0) is 13.7. The third-order valence-corrected chi connectivity index (χ3v) is 4.05. The molecule has 0 saturated carbocycles. The lowest BCUT2D eigenvalue weighted by molar-refractivity contribution is -0.140. The summed E-state index contributed by atoms with van der Waals surface area (Å²) < 4.78 is 0. The summed E-state index contributed by atoms with van der Waals surface area (Å²) >= 11 is 0. The van der Waals surface area contributed by atoms with E-state index in [0.717, 1.165) is 32.2 Å². The number of nitrogens with one attached hydrogen (secondary N) is 1. The summed E-state index contributed by atoms with van der Waals surface area (Å²) in [6.45, 7) is 5.82. The lowest BCUT2D eigenvalue weighted by atomic mass is 10.1. The van der Waals surface area contributed by atoms with E-state index in [1.165, 1.54) is 0 Å². The Bertz CT molecular complexity index is 319. The van der Waals surface area contributed by atoms with E-state index in [1.807, 2.05) is 9.80 Å². The molecular weight excluding hydrogens is 242 g/mol. The van der Waals surface area contributed by atoms with Crippen molar-refractivity contribution in [3.63, 3.8) is 0 Å². The molecule has 2 aliphatic rings. The Morgan fingerprint density at radius 1 is 1.16 bits per heavy atom. The molecule has 1 N–H and O–H groups in total. The fourth-order valence-corrected chi connectivity index (χ4v) is 2.78. The van der Waals surface area contributed by atoms with Gasteiger partial charge in [-0.15, -0.1) is 0 Å². The molecule has 2 rings (SSSR count). The second-order valence-electron chi connectivity index (χ2n) is 5.46. The third kappa shape index (κ3) is 3.69. The molecule has 0 bridgehead atoms. The van der Waals surface area contributed by atoms with Gasteiger partial charge in [-0.2, -0.15) is 0 Å². The van der Waals surface area contributed by atoms with Crippen LogP contribution in [0, 0.1) is 0 Å². The van der Waals surface area contributed by atoms with Crippen LogP contribution in [-0.2, 0) is 9.59 Å². The van der Waals surface area contributed by atoms with Gasteiger partial charge in [0.05, 0.1) is 6.04 Å². The SMILES string of the molecule is CCCCC(=O)N1CCN(C(=O)[C@@H]2CCCN2)CC1. The first-order valence-corrected chi connectivity index (χ1v) is 7.52. The number of rotatable bonds is 4. The Labute approximate surface area is 115 Å². The van der Waals surface area contributed by atoms with Gasteiger partial charge >= 0.3 is 0 Å². The van der Waals surface area contributed by atoms with Crippen LogP contribution in [0.4, 0.5) is 0 Å². The summed E-state index contributed by atoms with van der Waals surface area (Å²) in [5.41, 5.74) is 0. The van der Waals surface area contributed by atoms with Crippen LogP contribution in [0.2, 0.25) is 0 Å². The van der Waals surface area contributed by atoms with Crippen LogP contribution in [0.15, 0.2) is 0 Å². The molecule has 1 atom stereocenters. The molecule has 0 unspecified atom stereocenters. The van der Waals surface area contributed by atoms with E-state index in [0.29, 0.717) is 32.6 Å². The Morgan fingerprint density at radius 2 is 1.84 bits per heavy atom. The summed E-state index contributed by atoms with van der Waals surface area (Å²) in [6.07, 6.45) is 4.70. The van der Waals surface area contributed by atoms with E-state index in [9.17, 15) is 9.59 Å². The molecule has 0 radical (unpaired) electrons. The van der Waals surface area contributed by atoms with E-state index >= 15 is 0 Å². The van der Waals surface area contributed by atoms with Gasteiger partial charge < -0.3 is 15.1 Å². The lowest BCUT2D eigenvalue weighted by Gasteiger charge is -2.36. The van der Waals surface area contributed by atoms with Gasteiger partial charge in [0.25, 0.3) is 0 Å². The highest BCUT2D eigenvalue weighted by molar-refractivity contribution is 5.82. The number of hydrogen-bond donors (Lipinski definition) is 1. The van der Waals surface area contributed by atoms with Crippen molar-refractivity contribution >= 4 is 11.8 Å². The molecule has 2 aliphatic heterocycles.